The van der Waals surface area contributed by atoms with Gasteiger partial charge in [0.05, 0.1) is 56.1 Å². The Hall–Kier alpha value is -4.31. The van der Waals surface area contributed by atoms with Crippen LogP contribution in [-0.4, -0.2) is 84.9 Å². The second-order valence-corrected chi connectivity index (χ2v) is 9.50. The molecule has 206 valence electrons. The number of para-hydroxylation sites is 1. The number of ether oxygens (including phenoxy) is 3. The first-order chi connectivity index (χ1) is 18.7. The lowest BCUT2D eigenvalue weighted by atomic mass is 9.94. The fourth-order valence-electron chi connectivity index (χ4n) is 4.89. The molecule has 0 saturated carbocycles. The minimum Gasteiger partial charge on any atom is -0.507 e. The Labute approximate surface area is 228 Å². The zero-order valence-electron chi connectivity index (χ0n) is 23.1. The highest BCUT2D eigenvalue weighted by molar-refractivity contribution is 6.46. The highest BCUT2D eigenvalue weighted by atomic mass is 16.5. The molecule has 0 bridgehead atoms. The molecule has 2 heterocycles. The number of carbonyl (C=O) groups excluding carboxylic acids is 2. The molecule has 4 rings (SSSR count). The lowest BCUT2D eigenvalue weighted by molar-refractivity contribution is -0.139. The summed E-state index contributed by atoms with van der Waals surface area (Å²) in [7, 11) is 8.38. The van der Waals surface area contributed by atoms with Crippen LogP contribution in [0, 0.1) is 6.92 Å². The number of carbonyl (C=O) groups is 2. The van der Waals surface area contributed by atoms with Crippen LogP contribution in [0.3, 0.4) is 0 Å². The van der Waals surface area contributed by atoms with Crippen molar-refractivity contribution in [3.63, 3.8) is 0 Å². The minimum atomic E-state index is -0.875. The molecule has 1 N–H and O–H groups in total. The quantitative estimate of drug-likeness (QED) is 0.239. The van der Waals surface area contributed by atoms with Crippen molar-refractivity contribution in [2.75, 3.05) is 48.5 Å². The molecule has 3 aromatic rings. The van der Waals surface area contributed by atoms with Crippen LogP contribution in [0.25, 0.3) is 11.4 Å². The first kappa shape index (κ1) is 27.7. The minimum absolute atomic E-state index is 0.0187. The predicted molar refractivity (Wildman–Crippen MR) is 147 cm³/mol. The van der Waals surface area contributed by atoms with E-state index < -0.39 is 17.7 Å². The summed E-state index contributed by atoms with van der Waals surface area (Å²) < 4.78 is 18.2. The molecule has 39 heavy (non-hydrogen) atoms. The van der Waals surface area contributed by atoms with Crippen molar-refractivity contribution in [2.45, 2.75) is 19.4 Å². The van der Waals surface area contributed by atoms with E-state index in [0.717, 1.165) is 5.69 Å². The monoisotopic (exact) mass is 534 g/mol. The number of ketones is 1. The number of hydrogen-bond acceptors (Lipinski definition) is 8. The Balaban J connectivity index is 1.90. The Kier molecular flexibility index (Phi) is 8.25. The second-order valence-electron chi connectivity index (χ2n) is 9.50. The highest BCUT2D eigenvalue weighted by Gasteiger charge is 2.46. The van der Waals surface area contributed by atoms with Crippen LogP contribution in [0.1, 0.15) is 29.3 Å². The molecule has 1 atom stereocenters. The number of nitrogens with zero attached hydrogens (tertiary/aromatic N) is 4. The molecule has 0 aliphatic carbocycles. The van der Waals surface area contributed by atoms with Crippen molar-refractivity contribution >= 4 is 17.4 Å². The average molecular weight is 535 g/mol. The molecule has 1 aliphatic heterocycles. The maximum atomic E-state index is 13.5. The van der Waals surface area contributed by atoms with Crippen LogP contribution < -0.4 is 14.2 Å². The topological polar surface area (TPSA) is 106 Å². The van der Waals surface area contributed by atoms with E-state index in [1.165, 1.54) is 32.4 Å². The van der Waals surface area contributed by atoms with Gasteiger partial charge in [-0.25, -0.2) is 4.68 Å². The molecule has 1 fully saturated rings. The number of rotatable bonds is 10. The van der Waals surface area contributed by atoms with Gasteiger partial charge in [-0.1, -0.05) is 18.2 Å². The van der Waals surface area contributed by atoms with Gasteiger partial charge in [0.1, 0.15) is 5.76 Å². The number of Topliss-reactive ketones (excluding diaryl/α,β-unsaturated/α-hetero) is 1. The molecule has 1 saturated heterocycles. The summed E-state index contributed by atoms with van der Waals surface area (Å²) >= 11 is 0. The third-order valence-electron chi connectivity index (χ3n) is 6.81. The lowest BCUT2D eigenvalue weighted by Crippen LogP contribution is -2.32. The van der Waals surface area contributed by atoms with Crippen LogP contribution in [0.4, 0.5) is 0 Å². The van der Waals surface area contributed by atoms with Crippen molar-refractivity contribution < 1.29 is 28.9 Å². The van der Waals surface area contributed by atoms with Crippen LogP contribution >= 0.6 is 0 Å². The van der Waals surface area contributed by atoms with Gasteiger partial charge >= 0.3 is 0 Å². The van der Waals surface area contributed by atoms with Gasteiger partial charge in [-0.05, 0) is 63.8 Å². The fourth-order valence-corrected chi connectivity index (χ4v) is 4.89. The number of benzene rings is 2. The van der Waals surface area contributed by atoms with Gasteiger partial charge in [-0.2, -0.15) is 5.10 Å². The van der Waals surface area contributed by atoms with Crippen molar-refractivity contribution in [1.29, 1.82) is 0 Å². The van der Waals surface area contributed by atoms with Crippen molar-refractivity contribution in [3.8, 4) is 22.9 Å². The zero-order valence-corrected chi connectivity index (χ0v) is 23.1. The van der Waals surface area contributed by atoms with Gasteiger partial charge in [-0.15, -0.1) is 0 Å². The van der Waals surface area contributed by atoms with Gasteiger partial charge in [0, 0.05) is 6.54 Å². The maximum Gasteiger partial charge on any atom is 0.295 e. The van der Waals surface area contributed by atoms with Crippen molar-refractivity contribution in [1.82, 2.24) is 19.6 Å². The maximum absolute atomic E-state index is 13.5. The van der Waals surface area contributed by atoms with E-state index in [-0.39, 0.29) is 11.3 Å². The smallest absolute Gasteiger partial charge is 0.295 e. The van der Waals surface area contributed by atoms with E-state index in [4.69, 9.17) is 14.2 Å². The summed E-state index contributed by atoms with van der Waals surface area (Å²) in [6.07, 6.45) is 2.13. The Morgan fingerprint density at radius 1 is 1.03 bits per heavy atom. The van der Waals surface area contributed by atoms with E-state index >= 15 is 0 Å². The van der Waals surface area contributed by atoms with Gasteiger partial charge in [-0.3, -0.25) is 9.59 Å². The normalized spacial score (nSPS) is 16.7. The fraction of sp³-hybridized carbons (Fsp3) is 0.345. The third-order valence-corrected chi connectivity index (χ3v) is 6.81. The number of hydrogen-bond donors (Lipinski definition) is 1. The van der Waals surface area contributed by atoms with Crippen molar-refractivity contribution in [3.05, 3.63) is 71.1 Å². The van der Waals surface area contributed by atoms with Crippen LogP contribution in [0.15, 0.2) is 54.2 Å². The number of aliphatic hydroxyl groups is 1. The van der Waals surface area contributed by atoms with Gasteiger partial charge in [0.15, 0.2) is 11.5 Å². The first-order valence-corrected chi connectivity index (χ1v) is 12.6. The molecule has 2 aromatic carbocycles. The average Bonchev–Trinajstić information content (AvgIpc) is 3.44. The van der Waals surface area contributed by atoms with Gasteiger partial charge in [0.2, 0.25) is 5.75 Å². The Bertz CT molecular complexity index is 1370. The SMILES string of the molecule is COc1cc([C@H]2C(=C(O)c3cnn(-c4ccccc4)c3C)C(=O)C(=O)N2CCCN(C)C)cc(OC)c1OC. The second kappa shape index (κ2) is 11.6. The number of amides is 1. The molecule has 10 nitrogen and oxygen atoms in total. The van der Waals surface area contributed by atoms with E-state index in [0.29, 0.717) is 53.6 Å². The van der Waals surface area contributed by atoms with Gasteiger partial charge in [0.25, 0.3) is 11.7 Å². The predicted octanol–water partition coefficient (Wildman–Crippen LogP) is 3.58. The number of likely N-dealkylation sites (tertiary alicyclic amines) is 1. The van der Waals surface area contributed by atoms with E-state index in [1.807, 2.05) is 49.3 Å². The summed E-state index contributed by atoms with van der Waals surface area (Å²) in [6, 6.07) is 12.0. The highest BCUT2D eigenvalue weighted by Crippen LogP contribution is 2.46. The lowest BCUT2D eigenvalue weighted by Gasteiger charge is -2.27. The molecule has 0 spiro atoms. The molecule has 10 heteroatoms. The summed E-state index contributed by atoms with van der Waals surface area (Å²) in [5.74, 6) is -0.599. The summed E-state index contributed by atoms with van der Waals surface area (Å²) in [5, 5.41) is 16.0. The molecule has 1 aromatic heterocycles. The van der Waals surface area contributed by atoms with Crippen molar-refractivity contribution in [2.24, 2.45) is 0 Å². The van der Waals surface area contributed by atoms with E-state index in [1.54, 1.807) is 23.7 Å². The largest absolute Gasteiger partial charge is 0.507 e. The number of aromatic nitrogens is 2. The van der Waals surface area contributed by atoms with Crippen LogP contribution in [-0.2, 0) is 9.59 Å². The van der Waals surface area contributed by atoms with Crippen LogP contribution in [0.5, 0.6) is 17.2 Å². The van der Waals surface area contributed by atoms with E-state index in [2.05, 4.69) is 5.10 Å². The third kappa shape index (κ3) is 5.20. The molecule has 0 unspecified atom stereocenters. The van der Waals surface area contributed by atoms with Gasteiger partial charge < -0.3 is 29.1 Å². The van der Waals surface area contributed by atoms with E-state index in [9.17, 15) is 14.7 Å². The number of methoxy groups -OCH3 is 3. The molecule has 1 amide bonds. The first-order valence-electron chi connectivity index (χ1n) is 12.6. The Morgan fingerprint density at radius 3 is 2.23 bits per heavy atom. The van der Waals surface area contributed by atoms with Crippen LogP contribution in [0.2, 0.25) is 0 Å². The molecule has 0 radical (unpaired) electrons. The summed E-state index contributed by atoms with van der Waals surface area (Å²) in [4.78, 5) is 30.4. The number of aliphatic hydroxyl groups excluding tert-OH is 1. The molecule has 1 aliphatic rings. The standard InChI is InChI=1S/C29H34N4O6/c1-18-21(17-30-33(18)20-11-8-7-9-12-20)26(34)24-25(32(29(36)27(24)35)14-10-13-31(2)3)19-15-22(37-4)28(39-6)23(16-19)38-5/h7-9,11-12,15-17,25,34H,10,13-14H2,1-6H3/t25-/m0/s1. The summed E-state index contributed by atoms with van der Waals surface area (Å²) in [5.41, 5.74) is 2.32. The molecular formula is C29H34N4O6. The Morgan fingerprint density at radius 2 is 1.67 bits per heavy atom. The summed E-state index contributed by atoms with van der Waals surface area (Å²) in [6.45, 7) is 2.83. The zero-order chi connectivity index (χ0) is 28.3. The molecular weight excluding hydrogens is 500 g/mol.